The molecule has 1 rings (SSSR count). The third-order valence-corrected chi connectivity index (χ3v) is 3.36. The van der Waals surface area contributed by atoms with E-state index in [0.717, 1.165) is 5.56 Å². The van der Waals surface area contributed by atoms with E-state index in [-0.39, 0.29) is 5.92 Å². The Hall–Kier alpha value is -1.92. The highest BCUT2D eigenvalue weighted by Gasteiger charge is 2.27. The third-order valence-electron chi connectivity index (χ3n) is 3.36. The van der Waals surface area contributed by atoms with E-state index in [1.54, 1.807) is 0 Å². The molecule has 122 valence electrons. The van der Waals surface area contributed by atoms with Gasteiger partial charge < -0.3 is 21.9 Å². The van der Waals surface area contributed by atoms with Crippen LogP contribution in [0.25, 0.3) is 0 Å². The van der Waals surface area contributed by atoms with Crippen molar-refractivity contribution in [3.05, 3.63) is 35.9 Å². The fraction of sp³-hybridized carbons (Fsp3) is 0.500. The molecule has 0 saturated heterocycles. The lowest BCUT2D eigenvalue weighted by atomic mass is 10.00. The number of primary amides is 1. The van der Waals surface area contributed by atoms with Crippen molar-refractivity contribution in [3.63, 3.8) is 0 Å². The Morgan fingerprint density at radius 2 is 1.82 bits per heavy atom. The second kappa shape index (κ2) is 8.51. The lowest BCUT2D eigenvalue weighted by Gasteiger charge is -2.22. The van der Waals surface area contributed by atoms with Gasteiger partial charge in [0, 0.05) is 6.04 Å². The molecule has 6 N–H and O–H groups in total. The van der Waals surface area contributed by atoms with Crippen molar-refractivity contribution in [2.75, 3.05) is 0 Å². The van der Waals surface area contributed by atoms with Gasteiger partial charge in [-0.3, -0.25) is 9.59 Å². The van der Waals surface area contributed by atoms with Gasteiger partial charge in [-0.2, -0.15) is 0 Å². The Balaban J connectivity index is 2.61. The molecule has 1 aromatic rings. The van der Waals surface area contributed by atoms with E-state index < -0.39 is 30.0 Å². The van der Waals surface area contributed by atoms with Gasteiger partial charge in [0.1, 0.15) is 12.1 Å². The Morgan fingerprint density at radius 3 is 2.32 bits per heavy atom. The molecule has 0 saturated carbocycles. The van der Waals surface area contributed by atoms with Crippen molar-refractivity contribution >= 4 is 11.8 Å². The monoisotopic (exact) mass is 307 g/mol. The predicted octanol–water partition coefficient (Wildman–Crippen LogP) is -0.0665. The topological polar surface area (TPSA) is 118 Å². The van der Waals surface area contributed by atoms with Crippen molar-refractivity contribution in [1.82, 2.24) is 5.32 Å². The third kappa shape index (κ3) is 5.83. The van der Waals surface area contributed by atoms with Gasteiger partial charge in [0.2, 0.25) is 5.91 Å². The van der Waals surface area contributed by atoms with Gasteiger partial charge in [0.25, 0.3) is 5.91 Å². The molecular formula is C16H25N3O3. The fourth-order valence-electron chi connectivity index (χ4n) is 2.17. The standard InChI is InChI=1S/C16H25N3O3/c1-10(2)8-13(15(18)21)19-16(22)14(20)12(17)9-11-6-4-3-5-7-11/h3-7,10,12-14,20H,8-9,17H2,1-2H3,(H2,18,21)(H,19,22). The van der Waals surface area contributed by atoms with E-state index >= 15 is 0 Å². The van der Waals surface area contributed by atoms with Gasteiger partial charge in [-0.15, -0.1) is 0 Å². The second-order valence-corrected chi connectivity index (χ2v) is 5.89. The number of benzene rings is 1. The summed E-state index contributed by atoms with van der Waals surface area (Å²) >= 11 is 0. The van der Waals surface area contributed by atoms with Crippen LogP contribution in [0.4, 0.5) is 0 Å². The van der Waals surface area contributed by atoms with E-state index in [1.807, 2.05) is 44.2 Å². The molecule has 1 aromatic carbocycles. The molecule has 0 aliphatic heterocycles. The molecule has 0 radical (unpaired) electrons. The predicted molar refractivity (Wildman–Crippen MR) is 84.7 cm³/mol. The maximum atomic E-state index is 12.0. The van der Waals surface area contributed by atoms with Crippen molar-refractivity contribution in [1.29, 1.82) is 0 Å². The van der Waals surface area contributed by atoms with E-state index in [9.17, 15) is 14.7 Å². The van der Waals surface area contributed by atoms with Crippen LogP contribution in [0, 0.1) is 5.92 Å². The normalized spacial score (nSPS) is 15.1. The first-order chi connectivity index (χ1) is 10.3. The molecule has 6 nitrogen and oxygen atoms in total. The lowest BCUT2D eigenvalue weighted by molar-refractivity contribution is -0.134. The summed E-state index contributed by atoms with van der Waals surface area (Å²) in [6.07, 6.45) is -0.614. The highest BCUT2D eigenvalue weighted by atomic mass is 16.3. The van der Waals surface area contributed by atoms with Crippen molar-refractivity contribution < 1.29 is 14.7 Å². The summed E-state index contributed by atoms with van der Waals surface area (Å²) < 4.78 is 0. The van der Waals surface area contributed by atoms with Crippen molar-refractivity contribution in [2.45, 2.75) is 44.9 Å². The minimum absolute atomic E-state index is 0.188. The zero-order valence-electron chi connectivity index (χ0n) is 13.0. The van der Waals surface area contributed by atoms with Crippen molar-refractivity contribution in [3.8, 4) is 0 Å². The lowest BCUT2D eigenvalue weighted by Crippen LogP contribution is -2.53. The Morgan fingerprint density at radius 1 is 1.23 bits per heavy atom. The Kier molecular flexibility index (Phi) is 7.01. The number of nitrogens with one attached hydrogen (secondary N) is 1. The highest BCUT2D eigenvalue weighted by Crippen LogP contribution is 2.07. The summed E-state index contributed by atoms with van der Waals surface area (Å²) in [5, 5.41) is 12.5. The number of nitrogens with two attached hydrogens (primary N) is 2. The smallest absolute Gasteiger partial charge is 0.251 e. The van der Waals surface area contributed by atoms with Gasteiger partial charge in [-0.25, -0.2) is 0 Å². The number of amides is 2. The van der Waals surface area contributed by atoms with Crippen LogP contribution in [0.1, 0.15) is 25.8 Å². The first-order valence-electron chi connectivity index (χ1n) is 7.38. The van der Waals surface area contributed by atoms with Gasteiger partial charge in [0.05, 0.1) is 0 Å². The minimum atomic E-state index is -1.39. The first kappa shape index (κ1) is 18.1. The van der Waals surface area contributed by atoms with Crippen molar-refractivity contribution in [2.24, 2.45) is 17.4 Å². The van der Waals surface area contributed by atoms with E-state index in [0.29, 0.717) is 12.8 Å². The van der Waals surface area contributed by atoms with Crippen LogP contribution in [-0.4, -0.2) is 35.1 Å². The Labute approximate surface area is 130 Å². The highest BCUT2D eigenvalue weighted by molar-refractivity contribution is 5.88. The van der Waals surface area contributed by atoms with Crippen LogP contribution in [0.2, 0.25) is 0 Å². The summed E-state index contributed by atoms with van der Waals surface area (Å²) in [6.45, 7) is 3.83. The summed E-state index contributed by atoms with van der Waals surface area (Å²) in [5.74, 6) is -1.10. The number of carbonyl (C=O) groups is 2. The maximum absolute atomic E-state index is 12.0. The molecule has 0 aliphatic carbocycles. The largest absolute Gasteiger partial charge is 0.382 e. The van der Waals surface area contributed by atoms with Gasteiger partial charge in [-0.1, -0.05) is 44.2 Å². The molecular weight excluding hydrogens is 282 g/mol. The molecule has 22 heavy (non-hydrogen) atoms. The van der Waals surface area contributed by atoms with Gasteiger partial charge in [-0.05, 0) is 24.3 Å². The number of aliphatic hydroxyl groups excluding tert-OH is 1. The van der Waals surface area contributed by atoms with Crippen LogP contribution < -0.4 is 16.8 Å². The van der Waals surface area contributed by atoms with Crippen LogP contribution in [0.5, 0.6) is 0 Å². The molecule has 0 bridgehead atoms. The number of hydrogen-bond donors (Lipinski definition) is 4. The SMILES string of the molecule is CC(C)CC(NC(=O)C(O)C(N)Cc1ccccc1)C(N)=O. The quantitative estimate of drug-likeness (QED) is 0.537. The molecule has 0 aliphatic rings. The number of rotatable bonds is 8. The molecule has 0 fully saturated rings. The summed E-state index contributed by atoms with van der Waals surface area (Å²) in [4.78, 5) is 23.4. The first-order valence-corrected chi connectivity index (χ1v) is 7.38. The minimum Gasteiger partial charge on any atom is -0.382 e. The fourth-order valence-corrected chi connectivity index (χ4v) is 2.17. The van der Waals surface area contributed by atoms with E-state index in [1.165, 1.54) is 0 Å². The van der Waals surface area contributed by atoms with Crippen LogP contribution >= 0.6 is 0 Å². The number of aliphatic hydroxyl groups is 1. The molecule has 2 amide bonds. The average molecular weight is 307 g/mol. The summed E-state index contributed by atoms with van der Waals surface area (Å²) in [5.41, 5.74) is 12.1. The summed E-state index contributed by atoms with van der Waals surface area (Å²) in [6, 6.07) is 7.79. The Bertz CT molecular complexity index is 491. The van der Waals surface area contributed by atoms with Crippen LogP contribution in [0.3, 0.4) is 0 Å². The zero-order valence-corrected chi connectivity index (χ0v) is 13.0. The molecule has 0 aromatic heterocycles. The molecule has 6 heteroatoms. The van der Waals surface area contributed by atoms with Crippen LogP contribution in [0.15, 0.2) is 30.3 Å². The second-order valence-electron chi connectivity index (χ2n) is 5.89. The van der Waals surface area contributed by atoms with Gasteiger partial charge in [0.15, 0.2) is 0 Å². The molecule has 3 atom stereocenters. The van der Waals surface area contributed by atoms with Crippen LogP contribution in [-0.2, 0) is 16.0 Å². The molecule has 0 spiro atoms. The molecule has 0 heterocycles. The molecule has 3 unspecified atom stereocenters. The maximum Gasteiger partial charge on any atom is 0.251 e. The zero-order chi connectivity index (χ0) is 16.7. The average Bonchev–Trinajstić information content (AvgIpc) is 2.46. The van der Waals surface area contributed by atoms with Gasteiger partial charge >= 0.3 is 0 Å². The number of carbonyl (C=O) groups excluding carboxylic acids is 2. The van der Waals surface area contributed by atoms with E-state index in [2.05, 4.69) is 5.32 Å². The van der Waals surface area contributed by atoms with E-state index in [4.69, 9.17) is 11.5 Å². The number of hydrogen-bond acceptors (Lipinski definition) is 4. The summed E-state index contributed by atoms with van der Waals surface area (Å²) in [7, 11) is 0.